The minimum Gasteiger partial charge on any atom is -0.491 e. The topological polar surface area (TPSA) is 160 Å². The summed E-state index contributed by atoms with van der Waals surface area (Å²) in [6, 6.07) is 26.6. The van der Waals surface area contributed by atoms with Gasteiger partial charge in [0.15, 0.2) is 23.1 Å². The van der Waals surface area contributed by atoms with E-state index < -0.39 is 35.5 Å². The predicted molar refractivity (Wildman–Crippen MR) is 214 cm³/mol. The van der Waals surface area contributed by atoms with Crippen LogP contribution in [0.4, 0.5) is 8.78 Å². The number of rotatable bonds is 22. The fourth-order valence-electron chi connectivity index (χ4n) is 5.91. The molecule has 5 aromatic rings. The minimum absolute atomic E-state index is 0.00207. The number of carboxylic acids is 1. The van der Waals surface area contributed by atoms with E-state index in [0.29, 0.717) is 62.1 Å². The summed E-state index contributed by atoms with van der Waals surface area (Å²) in [5.41, 5.74) is 1.45. The number of hydrogen-bond donors (Lipinski definition) is 3. The summed E-state index contributed by atoms with van der Waals surface area (Å²) in [5, 5.41) is 18.5. The highest BCUT2D eigenvalue weighted by molar-refractivity contribution is 5.88. The number of hydrogen-bond acceptors (Lipinski definition) is 8. The van der Waals surface area contributed by atoms with Crippen LogP contribution in [-0.4, -0.2) is 58.0 Å². The van der Waals surface area contributed by atoms with Gasteiger partial charge < -0.3 is 34.6 Å². The summed E-state index contributed by atoms with van der Waals surface area (Å²) in [6.45, 7) is 0.0866. The smallest absolute Gasteiger partial charge is 0.358 e. The van der Waals surface area contributed by atoms with Gasteiger partial charge in [-0.1, -0.05) is 48.0 Å². The summed E-state index contributed by atoms with van der Waals surface area (Å²) in [4.78, 5) is 52.5. The van der Waals surface area contributed by atoms with Crippen molar-refractivity contribution in [2.75, 3.05) is 13.2 Å². The molecule has 0 fully saturated rings. The van der Waals surface area contributed by atoms with E-state index in [9.17, 15) is 28.0 Å². The minimum atomic E-state index is -1.24. The third kappa shape index (κ3) is 13.6. The van der Waals surface area contributed by atoms with Gasteiger partial charge >= 0.3 is 5.97 Å². The largest absolute Gasteiger partial charge is 0.491 e. The fraction of sp³-hybridized carbons (Fsp3) is 0.267. The SMILES string of the molecule is C#CCCCC(=O)N(Cc1ccc(F)c(F)c1)C(COc1ccc(-c2cc(C(=O)O)no2)cc1)C(=O)NCCCCCC(=O)NCc1ccc(Oc2ccccc2)cc1. The maximum atomic E-state index is 14.2. The van der Waals surface area contributed by atoms with Gasteiger partial charge in [0.25, 0.3) is 0 Å². The molecule has 0 saturated carbocycles. The number of terminal acetylenes is 1. The Morgan fingerprint density at radius 1 is 0.797 bits per heavy atom. The zero-order valence-corrected chi connectivity index (χ0v) is 32.2. The van der Waals surface area contributed by atoms with Crippen LogP contribution < -0.4 is 20.1 Å². The average molecular weight is 807 g/mol. The number of ether oxygens (including phenoxy) is 2. The number of amides is 3. The van der Waals surface area contributed by atoms with Gasteiger partial charge in [0.2, 0.25) is 17.7 Å². The van der Waals surface area contributed by atoms with Crippen LogP contribution >= 0.6 is 0 Å². The number of carbonyl (C=O) groups is 4. The molecule has 4 aromatic carbocycles. The molecule has 14 heteroatoms. The normalized spacial score (nSPS) is 11.2. The van der Waals surface area contributed by atoms with Crippen LogP contribution in [0, 0.1) is 24.0 Å². The summed E-state index contributed by atoms with van der Waals surface area (Å²) in [5.74, 6) is -0.0122. The lowest BCUT2D eigenvalue weighted by Gasteiger charge is -2.31. The van der Waals surface area contributed by atoms with Gasteiger partial charge in [0.1, 0.15) is 29.9 Å². The van der Waals surface area contributed by atoms with Crippen molar-refractivity contribution in [3.8, 4) is 40.9 Å². The van der Waals surface area contributed by atoms with E-state index in [0.717, 1.165) is 23.4 Å². The molecule has 306 valence electrons. The molecule has 1 heterocycles. The second kappa shape index (κ2) is 22.1. The van der Waals surface area contributed by atoms with Gasteiger partial charge in [-0.15, -0.1) is 12.3 Å². The second-order valence-electron chi connectivity index (χ2n) is 13.5. The standard InChI is InChI=1S/C45H44F2N4O8/c1-2-3-6-14-43(53)51(29-32-17-24-37(46)38(47)26-32)40(30-57-34-22-18-33(19-23-34)41-27-39(45(55)56)50-59-41)44(54)48-25-10-5-9-13-42(52)49-28-31-15-20-36(21-16-31)58-35-11-7-4-8-12-35/h1,4,7-8,11-12,15-24,26-27,40H,3,5-6,9-10,13-14,25,28-30H2,(H,48,54)(H,49,52)(H,55,56). The van der Waals surface area contributed by atoms with Crippen molar-refractivity contribution in [3.63, 3.8) is 0 Å². The average Bonchev–Trinajstić information content (AvgIpc) is 3.75. The molecule has 3 amide bonds. The van der Waals surface area contributed by atoms with E-state index in [1.54, 1.807) is 24.3 Å². The van der Waals surface area contributed by atoms with Crippen LogP contribution in [0.2, 0.25) is 0 Å². The fourth-order valence-corrected chi connectivity index (χ4v) is 5.91. The van der Waals surface area contributed by atoms with Crippen molar-refractivity contribution in [1.29, 1.82) is 0 Å². The number of nitrogens with zero attached hydrogens (tertiary/aromatic N) is 2. The lowest BCUT2D eigenvalue weighted by molar-refractivity contribution is -0.142. The highest BCUT2D eigenvalue weighted by Gasteiger charge is 2.31. The van der Waals surface area contributed by atoms with Gasteiger partial charge in [-0.2, -0.15) is 0 Å². The molecule has 0 aliphatic heterocycles. The molecule has 1 atom stereocenters. The molecule has 1 unspecified atom stereocenters. The maximum absolute atomic E-state index is 14.2. The molecule has 0 aliphatic carbocycles. The first-order valence-electron chi connectivity index (χ1n) is 19.1. The van der Waals surface area contributed by atoms with Crippen LogP contribution in [0.3, 0.4) is 0 Å². The number of unbranched alkanes of at least 4 members (excludes halogenated alkanes) is 3. The zero-order valence-electron chi connectivity index (χ0n) is 32.2. The van der Waals surface area contributed by atoms with E-state index >= 15 is 0 Å². The molecular weight excluding hydrogens is 763 g/mol. The van der Waals surface area contributed by atoms with Gasteiger partial charge in [-0.3, -0.25) is 14.4 Å². The Hall–Kier alpha value is -7.01. The lowest BCUT2D eigenvalue weighted by atomic mass is 10.1. The molecule has 59 heavy (non-hydrogen) atoms. The van der Waals surface area contributed by atoms with Crippen LogP contribution in [0.15, 0.2) is 108 Å². The summed E-state index contributed by atoms with van der Waals surface area (Å²) >= 11 is 0. The van der Waals surface area contributed by atoms with Crippen LogP contribution in [0.5, 0.6) is 17.2 Å². The summed E-state index contributed by atoms with van der Waals surface area (Å²) < 4.78 is 45.0. The van der Waals surface area contributed by atoms with E-state index in [1.165, 1.54) is 17.0 Å². The monoisotopic (exact) mass is 806 g/mol. The molecule has 12 nitrogen and oxygen atoms in total. The van der Waals surface area contributed by atoms with Crippen molar-refractivity contribution in [1.82, 2.24) is 20.7 Å². The van der Waals surface area contributed by atoms with Crippen molar-refractivity contribution in [2.45, 2.75) is 64.1 Å². The zero-order chi connectivity index (χ0) is 42.0. The quantitative estimate of drug-likeness (QED) is 0.0471. The number of carbonyl (C=O) groups excluding carboxylic acids is 3. The van der Waals surface area contributed by atoms with Crippen LogP contribution in [-0.2, 0) is 27.5 Å². The van der Waals surface area contributed by atoms with E-state index in [-0.39, 0.29) is 49.0 Å². The third-order valence-corrected chi connectivity index (χ3v) is 9.10. The number of nitrogens with one attached hydrogen (secondary N) is 2. The third-order valence-electron chi connectivity index (χ3n) is 9.10. The summed E-state index contributed by atoms with van der Waals surface area (Å²) in [6.07, 6.45) is 8.11. The molecule has 3 N–H and O–H groups in total. The number of aromatic carboxylic acids is 1. The number of benzene rings is 4. The Morgan fingerprint density at radius 3 is 2.20 bits per heavy atom. The first kappa shape index (κ1) is 43.1. The van der Waals surface area contributed by atoms with Crippen LogP contribution in [0.1, 0.15) is 66.6 Å². The molecule has 0 bridgehead atoms. The summed E-state index contributed by atoms with van der Waals surface area (Å²) in [7, 11) is 0. The van der Waals surface area contributed by atoms with Gasteiger partial charge in [-0.05, 0) is 91.1 Å². The Kier molecular flexibility index (Phi) is 16.1. The Balaban J connectivity index is 1.16. The van der Waals surface area contributed by atoms with E-state index in [4.69, 9.17) is 25.5 Å². The van der Waals surface area contributed by atoms with Gasteiger partial charge in [0, 0.05) is 50.5 Å². The molecule has 0 radical (unpaired) electrons. The Bertz CT molecular complexity index is 2210. The maximum Gasteiger partial charge on any atom is 0.358 e. The first-order chi connectivity index (χ1) is 28.6. The number of halogens is 2. The number of para-hydroxylation sites is 1. The molecule has 1 aromatic heterocycles. The Labute approximate surface area is 340 Å². The van der Waals surface area contributed by atoms with Crippen molar-refractivity contribution < 1.29 is 47.1 Å². The van der Waals surface area contributed by atoms with Crippen molar-refractivity contribution >= 4 is 23.7 Å². The van der Waals surface area contributed by atoms with E-state index in [1.807, 2.05) is 54.6 Å². The highest BCUT2D eigenvalue weighted by atomic mass is 19.2. The van der Waals surface area contributed by atoms with Crippen molar-refractivity contribution in [3.05, 3.63) is 132 Å². The highest BCUT2D eigenvalue weighted by Crippen LogP contribution is 2.25. The van der Waals surface area contributed by atoms with Gasteiger partial charge in [-0.25, -0.2) is 13.6 Å². The first-order valence-corrected chi connectivity index (χ1v) is 19.1. The van der Waals surface area contributed by atoms with Crippen LogP contribution in [0.25, 0.3) is 11.3 Å². The Morgan fingerprint density at radius 2 is 1.51 bits per heavy atom. The number of carboxylic acid groups (broad SMARTS) is 1. The van der Waals surface area contributed by atoms with E-state index in [2.05, 4.69) is 21.7 Å². The molecule has 0 aliphatic rings. The number of aromatic nitrogens is 1. The molecule has 0 saturated heterocycles. The van der Waals surface area contributed by atoms with Gasteiger partial charge in [0.05, 0.1) is 0 Å². The van der Waals surface area contributed by atoms with Crippen molar-refractivity contribution in [2.24, 2.45) is 0 Å². The molecular formula is C45H44F2N4O8. The second-order valence-corrected chi connectivity index (χ2v) is 13.5. The lowest BCUT2D eigenvalue weighted by Crippen LogP contribution is -2.52. The molecule has 5 rings (SSSR count). The molecule has 0 spiro atoms. The predicted octanol–water partition coefficient (Wildman–Crippen LogP) is 7.68.